The Morgan fingerprint density at radius 3 is 3.05 bits per heavy atom. The first-order valence-electron chi connectivity index (χ1n) is 7.87. The van der Waals surface area contributed by atoms with E-state index in [2.05, 4.69) is 10.3 Å². The normalized spacial score (nSPS) is 24.4. The van der Waals surface area contributed by atoms with Gasteiger partial charge in [0.25, 0.3) is 5.91 Å². The quantitative estimate of drug-likeness (QED) is 0.915. The highest BCUT2D eigenvalue weighted by molar-refractivity contribution is 6.01. The maximum absolute atomic E-state index is 13.0. The summed E-state index contributed by atoms with van der Waals surface area (Å²) in [6.07, 6.45) is 4.82. The maximum atomic E-state index is 13.0. The molecule has 2 amide bonds. The predicted octanol–water partition coefficient (Wildman–Crippen LogP) is 1.37. The van der Waals surface area contributed by atoms with Crippen LogP contribution in [0.25, 0.3) is 0 Å². The van der Waals surface area contributed by atoms with Gasteiger partial charge in [0.2, 0.25) is 11.8 Å². The average molecular weight is 303 g/mol. The number of carbonyl (C=O) groups excluding carboxylic acids is 2. The standard InChI is InChI=1S/C16H21N3O3/c1-2-22-13-12(6-3-9-17-13)14(20)19-11-5-8-16(19)7-4-10-18-15(16)21/h3,6,9H,2,4-5,7-8,10-11H2,1H3,(H,18,21). The number of likely N-dealkylation sites (tertiary alicyclic amines) is 1. The molecular weight excluding hydrogens is 282 g/mol. The van der Waals surface area contributed by atoms with E-state index in [0.29, 0.717) is 31.1 Å². The number of nitrogens with one attached hydrogen (secondary N) is 1. The zero-order chi connectivity index (χ0) is 15.6. The molecular formula is C16H21N3O3. The van der Waals surface area contributed by atoms with Crippen molar-refractivity contribution in [3.8, 4) is 5.88 Å². The lowest BCUT2D eigenvalue weighted by atomic mass is 9.86. The molecule has 0 aliphatic carbocycles. The Labute approximate surface area is 129 Å². The predicted molar refractivity (Wildman–Crippen MR) is 80.7 cm³/mol. The van der Waals surface area contributed by atoms with Crippen molar-refractivity contribution in [2.45, 2.75) is 38.1 Å². The second-order valence-corrected chi connectivity index (χ2v) is 5.74. The van der Waals surface area contributed by atoms with E-state index >= 15 is 0 Å². The van der Waals surface area contributed by atoms with Crippen LogP contribution in [0.3, 0.4) is 0 Å². The summed E-state index contributed by atoms with van der Waals surface area (Å²) in [5, 5.41) is 2.91. The third kappa shape index (κ3) is 2.32. The third-order valence-corrected chi connectivity index (χ3v) is 4.49. The Bertz CT molecular complexity index is 590. The van der Waals surface area contributed by atoms with Crippen molar-refractivity contribution in [3.05, 3.63) is 23.9 Å². The zero-order valence-electron chi connectivity index (χ0n) is 12.8. The molecule has 3 heterocycles. The summed E-state index contributed by atoms with van der Waals surface area (Å²) in [7, 11) is 0. The number of hydrogen-bond donors (Lipinski definition) is 1. The highest BCUT2D eigenvalue weighted by atomic mass is 16.5. The summed E-state index contributed by atoms with van der Waals surface area (Å²) in [6.45, 7) is 3.60. The Morgan fingerprint density at radius 1 is 1.45 bits per heavy atom. The molecule has 1 unspecified atom stereocenters. The summed E-state index contributed by atoms with van der Waals surface area (Å²) in [5.74, 6) is 0.158. The van der Waals surface area contributed by atoms with Gasteiger partial charge in [0, 0.05) is 19.3 Å². The number of rotatable bonds is 3. The first-order chi connectivity index (χ1) is 10.7. The van der Waals surface area contributed by atoms with Crippen LogP contribution in [0.2, 0.25) is 0 Å². The van der Waals surface area contributed by atoms with Gasteiger partial charge in [0.15, 0.2) is 0 Å². The highest BCUT2D eigenvalue weighted by Crippen LogP contribution is 2.37. The van der Waals surface area contributed by atoms with Gasteiger partial charge in [0.05, 0.1) is 6.61 Å². The van der Waals surface area contributed by atoms with Crippen molar-refractivity contribution in [3.63, 3.8) is 0 Å². The molecule has 3 rings (SSSR count). The molecule has 0 bridgehead atoms. The van der Waals surface area contributed by atoms with Gasteiger partial charge in [-0.25, -0.2) is 4.98 Å². The van der Waals surface area contributed by atoms with Crippen LogP contribution in [0.4, 0.5) is 0 Å². The van der Waals surface area contributed by atoms with E-state index in [1.54, 1.807) is 23.2 Å². The Balaban J connectivity index is 1.93. The molecule has 1 aromatic heterocycles. The molecule has 1 spiro atoms. The fourth-order valence-electron chi connectivity index (χ4n) is 3.48. The molecule has 1 aromatic rings. The molecule has 2 fully saturated rings. The highest BCUT2D eigenvalue weighted by Gasteiger charge is 2.50. The van der Waals surface area contributed by atoms with Crippen molar-refractivity contribution in [2.75, 3.05) is 19.7 Å². The van der Waals surface area contributed by atoms with Gasteiger partial charge in [-0.15, -0.1) is 0 Å². The van der Waals surface area contributed by atoms with Crippen molar-refractivity contribution >= 4 is 11.8 Å². The van der Waals surface area contributed by atoms with Crippen LogP contribution < -0.4 is 10.1 Å². The molecule has 1 atom stereocenters. The minimum Gasteiger partial charge on any atom is -0.477 e. The van der Waals surface area contributed by atoms with Crippen LogP contribution in [0, 0.1) is 0 Å². The fourth-order valence-corrected chi connectivity index (χ4v) is 3.48. The molecule has 0 aromatic carbocycles. The topological polar surface area (TPSA) is 71.5 Å². The summed E-state index contributed by atoms with van der Waals surface area (Å²) < 4.78 is 5.46. The van der Waals surface area contributed by atoms with Crippen LogP contribution in [0.5, 0.6) is 5.88 Å². The third-order valence-electron chi connectivity index (χ3n) is 4.49. The average Bonchev–Trinajstić information content (AvgIpc) is 2.95. The lowest BCUT2D eigenvalue weighted by molar-refractivity contribution is -0.133. The number of pyridine rings is 1. The number of ether oxygens (including phenoxy) is 1. The van der Waals surface area contributed by atoms with Crippen LogP contribution in [0.15, 0.2) is 18.3 Å². The van der Waals surface area contributed by atoms with Gasteiger partial charge in [-0.1, -0.05) is 0 Å². The van der Waals surface area contributed by atoms with E-state index in [0.717, 1.165) is 25.7 Å². The number of hydrogen-bond acceptors (Lipinski definition) is 4. The first-order valence-corrected chi connectivity index (χ1v) is 7.87. The summed E-state index contributed by atoms with van der Waals surface area (Å²) >= 11 is 0. The first kappa shape index (κ1) is 14.8. The smallest absolute Gasteiger partial charge is 0.260 e. The molecule has 2 aliphatic rings. The number of carbonyl (C=O) groups is 2. The van der Waals surface area contributed by atoms with Gasteiger partial charge in [-0.05, 0) is 44.7 Å². The lowest BCUT2D eigenvalue weighted by Crippen LogP contribution is -2.60. The Morgan fingerprint density at radius 2 is 2.27 bits per heavy atom. The van der Waals surface area contributed by atoms with Gasteiger partial charge in [-0.3, -0.25) is 9.59 Å². The monoisotopic (exact) mass is 303 g/mol. The molecule has 22 heavy (non-hydrogen) atoms. The molecule has 0 saturated carbocycles. The molecule has 1 N–H and O–H groups in total. The van der Waals surface area contributed by atoms with E-state index < -0.39 is 5.54 Å². The molecule has 6 heteroatoms. The largest absolute Gasteiger partial charge is 0.477 e. The van der Waals surface area contributed by atoms with Gasteiger partial charge in [-0.2, -0.15) is 0 Å². The summed E-state index contributed by atoms with van der Waals surface area (Å²) in [6, 6.07) is 3.44. The Hall–Kier alpha value is -2.11. The van der Waals surface area contributed by atoms with E-state index in [1.165, 1.54) is 0 Å². The number of amides is 2. The summed E-state index contributed by atoms with van der Waals surface area (Å²) in [5.41, 5.74) is -0.252. The molecule has 0 radical (unpaired) electrons. The number of aromatic nitrogens is 1. The molecule has 2 saturated heterocycles. The van der Waals surface area contributed by atoms with E-state index in [9.17, 15) is 9.59 Å². The summed E-state index contributed by atoms with van der Waals surface area (Å²) in [4.78, 5) is 31.3. The van der Waals surface area contributed by atoms with Crippen LogP contribution >= 0.6 is 0 Å². The van der Waals surface area contributed by atoms with Crippen LogP contribution in [0.1, 0.15) is 43.0 Å². The minimum atomic E-state index is -0.686. The second kappa shape index (κ2) is 5.94. The fraction of sp³-hybridized carbons (Fsp3) is 0.562. The van der Waals surface area contributed by atoms with E-state index in [1.807, 2.05) is 6.92 Å². The van der Waals surface area contributed by atoms with Crippen molar-refractivity contribution < 1.29 is 14.3 Å². The Kier molecular flexibility index (Phi) is 4.00. The van der Waals surface area contributed by atoms with Crippen molar-refractivity contribution in [2.24, 2.45) is 0 Å². The molecule has 118 valence electrons. The minimum absolute atomic E-state index is 0.0218. The van der Waals surface area contributed by atoms with Crippen molar-refractivity contribution in [1.29, 1.82) is 0 Å². The van der Waals surface area contributed by atoms with Crippen LogP contribution in [-0.2, 0) is 4.79 Å². The number of nitrogens with zero attached hydrogens (tertiary/aromatic N) is 2. The van der Waals surface area contributed by atoms with Gasteiger partial charge >= 0.3 is 0 Å². The second-order valence-electron chi connectivity index (χ2n) is 5.74. The van der Waals surface area contributed by atoms with Gasteiger partial charge in [0.1, 0.15) is 11.1 Å². The van der Waals surface area contributed by atoms with Crippen LogP contribution in [-0.4, -0.2) is 46.9 Å². The maximum Gasteiger partial charge on any atom is 0.260 e. The number of piperidine rings is 1. The van der Waals surface area contributed by atoms with Crippen molar-refractivity contribution in [1.82, 2.24) is 15.2 Å². The van der Waals surface area contributed by atoms with E-state index in [-0.39, 0.29) is 11.8 Å². The zero-order valence-corrected chi connectivity index (χ0v) is 12.8. The van der Waals surface area contributed by atoms with E-state index in [4.69, 9.17) is 4.74 Å². The molecule has 2 aliphatic heterocycles. The van der Waals surface area contributed by atoms with Gasteiger partial charge < -0.3 is 15.0 Å². The SMILES string of the molecule is CCOc1ncccc1C(=O)N1CCCC12CCCNC2=O. The lowest BCUT2D eigenvalue weighted by Gasteiger charge is -2.40. The molecule has 6 nitrogen and oxygen atoms in total.